The van der Waals surface area contributed by atoms with Crippen molar-refractivity contribution in [3.05, 3.63) is 0 Å². The fraction of sp³-hybridized carbons (Fsp3) is 0.900. The molecule has 0 saturated carbocycles. The summed E-state index contributed by atoms with van der Waals surface area (Å²) in [5, 5.41) is 9.17. The van der Waals surface area contributed by atoms with Gasteiger partial charge in [0, 0.05) is 26.7 Å². The highest BCUT2D eigenvalue weighted by atomic mass is 16.3. The molecule has 1 heterocycles. The molecule has 2 atom stereocenters. The Labute approximate surface area is 85.5 Å². The molecule has 1 N–H and O–H groups in total. The van der Waals surface area contributed by atoms with Crippen LogP contribution in [0.3, 0.4) is 0 Å². The Hall–Kier alpha value is -0.610. The van der Waals surface area contributed by atoms with Crippen molar-refractivity contribution >= 4 is 5.91 Å². The minimum Gasteiger partial charge on any atom is -0.393 e. The van der Waals surface area contributed by atoms with Crippen molar-refractivity contribution in [2.24, 2.45) is 0 Å². The van der Waals surface area contributed by atoms with Crippen LogP contribution < -0.4 is 0 Å². The number of piperazine rings is 1. The maximum Gasteiger partial charge on any atom is 0.239 e. The molecule has 1 rings (SSSR count). The zero-order valence-electron chi connectivity index (χ0n) is 9.23. The van der Waals surface area contributed by atoms with Crippen LogP contribution in [0.4, 0.5) is 0 Å². The van der Waals surface area contributed by atoms with Crippen molar-refractivity contribution in [2.75, 3.05) is 26.7 Å². The number of carbonyl (C=O) groups is 1. The lowest BCUT2D eigenvalue weighted by molar-refractivity contribution is -0.139. The van der Waals surface area contributed by atoms with E-state index >= 15 is 0 Å². The molecule has 4 heteroatoms. The van der Waals surface area contributed by atoms with Gasteiger partial charge in [0.15, 0.2) is 0 Å². The quantitative estimate of drug-likeness (QED) is 0.693. The second-order valence-corrected chi connectivity index (χ2v) is 4.11. The van der Waals surface area contributed by atoms with Gasteiger partial charge in [-0.2, -0.15) is 0 Å². The topological polar surface area (TPSA) is 43.8 Å². The van der Waals surface area contributed by atoms with Gasteiger partial charge >= 0.3 is 0 Å². The zero-order chi connectivity index (χ0) is 10.7. The van der Waals surface area contributed by atoms with Gasteiger partial charge in [-0.25, -0.2) is 0 Å². The van der Waals surface area contributed by atoms with E-state index in [4.69, 9.17) is 5.11 Å². The predicted molar refractivity (Wildman–Crippen MR) is 55.0 cm³/mol. The van der Waals surface area contributed by atoms with Crippen molar-refractivity contribution < 1.29 is 9.90 Å². The van der Waals surface area contributed by atoms with E-state index in [1.165, 1.54) is 0 Å². The number of likely N-dealkylation sites (N-methyl/N-ethyl adjacent to an activating group) is 1. The highest BCUT2D eigenvalue weighted by Crippen LogP contribution is 2.10. The summed E-state index contributed by atoms with van der Waals surface area (Å²) >= 11 is 0. The van der Waals surface area contributed by atoms with E-state index in [1.807, 2.05) is 14.0 Å². The molecule has 1 saturated heterocycles. The first-order valence-electron chi connectivity index (χ1n) is 5.19. The van der Waals surface area contributed by atoms with Gasteiger partial charge in [0.1, 0.15) is 0 Å². The molecule has 0 aliphatic carbocycles. The average molecular weight is 200 g/mol. The van der Waals surface area contributed by atoms with E-state index < -0.39 is 0 Å². The normalized spacial score (nSPS) is 26.7. The average Bonchev–Trinajstić information content (AvgIpc) is 2.13. The Bertz CT molecular complexity index is 206. The van der Waals surface area contributed by atoms with Gasteiger partial charge in [0.25, 0.3) is 0 Å². The molecule has 0 spiro atoms. The molecule has 0 bridgehead atoms. The number of carbonyl (C=O) groups excluding carboxylic acids is 1. The van der Waals surface area contributed by atoms with Crippen molar-refractivity contribution in [1.82, 2.24) is 9.80 Å². The molecule has 82 valence electrons. The van der Waals surface area contributed by atoms with Gasteiger partial charge < -0.3 is 10.0 Å². The molecular weight excluding hydrogens is 180 g/mol. The molecule has 0 aromatic carbocycles. The summed E-state index contributed by atoms with van der Waals surface area (Å²) in [4.78, 5) is 15.5. The highest BCUT2D eigenvalue weighted by molar-refractivity contribution is 5.81. The summed E-state index contributed by atoms with van der Waals surface area (Å²) in [5.74, 6) is 0.182. The number of hydrogen-bond donors (Lipinski definition) is 1. The van der Waals surface area contributed by atoms with Gasteiger partial charge in [-0.05, 0) is 20.3 Å². The molecule has 1 fully saturated rings. The molecule has 1 aliphatic rings. The lowest BCUT2D eigenvalue weighted by Crippen LogP contribution is -2.54. The van der Waals surface area contributed by atoms with Crippen LogP contribution >= 0.6 is 0 Å². The lowest BCUT2D eigenvalue weighted by Gasteiger charge is -2.37. The zero-order valence-corrected chi connectivity index (χ0v) is 9.23. The molecule has 0 aromatic heterocycles. The van der Waals surface area contributed by atoms with Crippen molar-refractivity contribution in [3.63, 3.8) is 0 Å². The van der Waals surface area contributed by atoms with E-state index in [2.05, 4.69) is 4.90 Å². The molecule has 0 aromatic rings. The number of aliphatic hydroxyl groups is 1. The summed E-state index contributed by atoms with van der Waals surface area (Å²) in [7, 11) is 1.84. The second kappa shape index (κ2) is 4.75. The third-order valence-corrected chi connectivity index (χ3v) is 2.84. The van der Waals surface area contributed by atoms with E-state index in [-0.39, 0.29) is 18.1 Å². The van der Waals surface area contributed by atoms with Crippen LogP contribution in [0.1, 0.15) is 20.3 Å². The van der Waals surface area contributed by atoms with Crippen LogP contribution in [0.5, 0.6) is 0 Å². The van der Waals surface area contributed by atoms with Crippen molar-refractivity contribution in [2.45, 2.75) is 32.4 Å². The van der Waals surface area contributed by atoms with E-state index in [1.54, 1.807) is 11.8 Å². The van der Waals surface area contributed by atoms with Gasteiger partial charge in [0.05, 0.1) is 12.1 Å². The van der Waals surface area contributed by atoms with E-state index in [9.17, 15) is 4.79 Å². The summed E-state index contributed by atoms with van der Waals surface area (Å²) in [5.41, 5.74) is 0. The summed E-state index contributed by atoms with van der Waals surface area (Å²) < 4.78 is 0. The number of aliphatic hydroxyl groups excluding tert-OH is 1. The SMILES string of the molecule is CC(O)CCN1CCN(C)C(=O)C1C. The Morgan fingerprint density at radius 2 is 2.21 bits per heavy atom. The maximum atomic E-state index is 11.6. The summed E-state index contributed by atoms with van der Waals surface area (Å²) in [6.07, 6.45) is 0.457. The Kier molecular flexibility index (Phi) is 3.89. The number of nitrogens with zero attached hydrogens (tertiary/aromatic N) is 2. The van der Waals surface area contributed by atoms with Gasteiger partial charge in [-0.3, -0.25) is 9.69 Å². The van der Waals surface area contributed by atoms with E-state index in [0.717, 1.165) is 26.1 Å². The van der Waals surface area contributed by atoms with Crippen molar-refractivity contribution in [3.8, 4) is 0 Å². The van der Waals surface area contributed by atoms with Crippen LogP contribution in [0.15, 0.2) is 0 Å². The van der Waals surface area contributed by atoms with Gasteiger partial charge in [0.2, 0.25) is 5.91 Å². The summed E-state index contributed by atoms with van der Waals surface area (Å²) in [6, 6.07) is -0.0347. The smallest absolute Gasteiger partial charge is 0.239 e. The first-order chi connectivity index (χ1) is 6.52. The molecule has 0 radical (unpaired) electrons. The molecule has 1 amide bonds. The largest absolute Gasteiger partial charge is 0.393 e. The maximum absolute atomic E-state index is 11.6. The van der Waals surface area contributed by atoms with Gasteiger partial charge in [-0.1, -0.05) is 0 Å². The number of hydrogen-bond acceptors (Lipinski definition) is 3. The molecule has 1 aliphatic heterocycles. The first-order valence-corrected chi connectivity index (χ1v) is 5.19. The number of amides is 1. The standard InChI is InChI=1S/C10H20N2O2/c1-8(13)4-5-12-7-6-11(3)10(14)9(12)2/h8-9,13H,4-7H2,1-3H3. The second-order valence-electron chi connectivity index (χ2n) is 4.11. The summed E-state index contributed by atoms with van der Waals surface area (Å²) in [6.45, 7) is 6.22. The Morgan fingerprint density at radius 1 is 1.57 bits per heavy atom. The molecular formula is C10H20N2O2. The highest BCUT2D eigenvalue weighted by Gasteiger charge is 2.28. The van der Waals surface area contributed by atoms with E-state index in [0.29, 0.717) is 0 Å². The number of rotatable bonds is 3. The van der Waals surface area contributed by atoms with Crippen LogP contribution in [0, 0.1) is 0 Å². The van der Waals surface area contributed by atoms with Gasteiger partial charge in [-0.15, -0.1) is 0 Å². The van der Waals surface area contributed by atoms with Crippen LogP contribution in [0.25, 0.3) is 0 Å². The van der Waals surface area contributed by atoms with Crippen molar-refractivity contribution in [1.29, 1.82) is 0 Å². The molecule has 14 heavy (non-hydrogen) atoms. The third-order valence-electron chi connectivity index (χ3n) is 2.84. The predicted octanol–water partition coefficient (Wildman–Crippen LogP) is -0.0802. The molecule has 4 nitrogen and oxygen atoms in total. The lowest BCUT2D eigenvalue weighted by atomic mass is 10.1. The van der Waals surface area contributed by atoms with Crippen LogP contribution in [-0.2, 0) is 4.79 Å². The Morgan fingerprint density at radius 3 is 2.79 bits per heavy atom. The third kappa shape index (κ3) is 2.69. The first kappa shape index (κ1) is 11.5. The van der Waals surface area contributed by atoms with Crippen LogP contribution in [-0.4, -0.2) is 59.6 Å². The Balaban J connectivity index is 2.43. The monoisotopic (exact) mass is 200 g/mol. The fourth-order valence-corrected chi connectivity index (χ4v) is 1.72. The van der Waals surface area contributed by atoms with Crippen LogP contribution in [0.2, 0.25) is 0 Å². The fourth-order valence-electron chi connectivity index (χ4n) is 1.72. The molecule has 2 unspecified atom stereocenters. The minimum absolute atomic E-state index is 0.0347. The minimum atomic E-state index is -0.281.